The molecule has 8 nitrogen and oxygen atoms in total. The maximum absolute atomic E-state index is 12.8. The molecule has 3 heterocycles. The minimum Gasteiger partial charge on any atom is -0.360 e. The van der Waals surface area contributed by atoms with E-state index in [0.717, 1.165) is 24.3 Å². The molecule has 1 atom stereocenters. The monoisotopic (exact) mass is 329 g/mol. The lowest BCUT2D eigenvalue weighted by Gasteiger charge is -2.33. The number of hydrogen-bond acceptors (Lipinski definition) is 5. The second-order valence-corrected chi connectivity index (χ2v) is 6.37. The van der Waals surface area contributed by atoms with Crippen LogP contribution in [0.2, 0.25) is 0 Å². The molecule has 4 rings (SSSR count). The fourth-order valence-corrected chi connectivity index (χ4v) is 3.12. The van der Waals surface area contributed by atoms with Crippen molar-refractivity contribution in [1.82, 2.24) is 25.2 Å². The zero-order chi connectivity index (χ0) is 16.7. The zero-order valence-electron chi connectivity index (χ0n) is 13.4. The Labute approximate surface area is 138 Å². The van der Waals surface area contributed by atoms with Gasteiger partial charge in [0.1, 0.15) is 5.76 Å². The van der Waals surface area contributed by atoms with Crippen LogP contribution in [0, 0.1) is 0 Å². The molecule has 1 aliphatic carbocycles. The van der Waals surface area contributed by atoms with Crippen molar-refractivity contribution in [1.29, 1.82) is 0 Å². The van der Waals surface area contributed by atoms with Crippen LogP contribution in [0.5, 0.6) is 0 Å². The number of nitrogens with one attached hydrogen (secondary N) is 1. The Morgan fingerprint density at radius 3 is 3.00 bits per heavy atom. The van der Waals surface area contributed by atoms with Crippen LogP contribution in [0.1, 0.15) is 53.2 Å². The molecule has 2 aliphatic rings. The lowest BCUT2D eigenvalue weighted by atomic mass is 10.1. The Bertz CT molecular complexity index is 776. The number of fused-ring (bicyclic) bond motifs is 1. The lowest BCUT2D eigenvalue weighted by Crippen LogP contribution is -2.42. The van der Waals surface area contributed by atoms with Crippen LogP contribution in [0.3, 0.4) is 0 Å². The first-order chi connectivity index (χ1) is 11.7. The summed E-state index contributed by atoms with van der Waals surface area (Å²) in [6.45, 7) is 0.876. The molecule has 2 aromatic heterocycles. The van der Waals surface area contributed by atoms with Gasteiger partial charge in [-0.1, -0.05) is 5.16 Å². The van der Waals surface area contributed by atoms with Crippen LogP contribution in [-0.4, -0.2) is 45.2 Å². The van der Waals surface area contributed by atoms with Gasteiger partial charge in [-0.25, -0.2) is 0 Å². The van der Waals surface area contributed by atoms with E-state index in [1.165, 1.54) is 0 Å². The fourth-order valence-electron chi connectivity index (χ4n) is 3.12. The van der Waals surface area contributed by atoms with Crippen molar-refractivity contribution in [3.8, 4) is 0 Å². The minimum atomic E-state index is -0.178. The van der Waals surface area contributed by atoms with E-state index in [1.54, 1.807) is 24.2 Å². The summed E-state index contributed by atoms with van der Waals surface area (Å²) < 4.78 is 7.12. The molecule has 2 amide bonds. The molecule has 1 fully saturated rings. The van der Waals surface area contributed by atoms with E-state index < -0.39 is 0 Å². The van der Waals surface area contributed by atoms with Crippen molar-refractivity contribution in [3.05, 3.63) is 35.5 Å². The predicted octanol–water partition coefficient (Wildman–Crippen LogP) is 1.08. The first-order valence-electron chi connectivity index (χ1n) is 8.14. The summed E-state index contributed by atoms with van der Waals surface area (Å²) >= 11 is 0. The molecule has 0 saturated heterocycles. The SMILES string of the molecule is CNC(=O)CC1CN(C(=O)c2cc(C3CC3)on2)Cc2ccnn21. The van der Waals surface area contributed by atoms with E-state index in [4.69, 9.17) is 4.52 Å². The number of nitrogens with zero attached hydrogens (tertiary/aromatic N) is 4. The minimum absolute atomic E-state index is 0.0757. The van der Waals surface area contributed by atoms with Crippen molar-refractivity contribution < 1.29 is 14.1 Å². The van der Waals surface area contributed by atoms with E-state index in [1.807, 2.05) is 10.7 Å². The van der Waals surface area contributed by atoms with Gasteiger partial charge in [0, 0.05) is 31.8 Å². The third kappa shape index (κ3) is 2.68. The van der Waals surface area contributed by atoms with E-state index in [0.29, 0.717) is 24.7 Å². The molecule has 126 valence electrons. The summed E-state index contributed by atoms with van der Waals surface area (Å²) in [6, 6.07) is 3.44. The van der Waals surface area contributed by atoms with Gasteiger partial charge >= 0.3 is 0 Å². The molecule has 0 spiro atoms. The molecular formula is C16H19N5O3. The molecule has 2 aromatic rings. The van der Waals surface area contributed by atoms with E-state index in [-0.39, 0.29) is 24.3 Å². The van der Waals surface area contributed by atoms with Gasteiger partial charge in [0.05, 0.1) is 24.7 Å². The summed E-state index contributed by atoms with van der Waals surface area (Å²) in [7, 11) is 1.60. The molecule has 1 unspecified atom stereocenters. The zero-order valence-corrected chi connectivity index (χ0v) is 13.4. The van der Waals surface area contributed by atoms with Crippen LogP contribution in [0.25, 0.3) is 0 Å². The van der Waals surface area contributed by atoms with Crippen LogP contribution >= 0.6 is 0 Å². The average Bonchev–Trinajstić information content (AvgIpc) is 3.12. The van der Waals surface area contributed by atoms with E-state index in [2.05, 4.69) is 15.6 Å². The topological polar surface area (TPSA) is 93.3 Å². The maximum atomic E-state index is 12.8. The van der Waals surface area contributed by atoms with Gasteiger partial charge in [-0.2, -0.15) is 5.10 Å². The second-order valence-electron chi connectivity index (χ2n) is 6.37. The smallest absolute Gasteiger partial charge is 0.276 e. The van der Waals surface area contributed by atoms with Crippen LogP contribution < -0.4 is 5.32 Å². The number of amides is 2. The van der Waals surface area contributed by atoms with E-state index >= 15 is 0 Å². The summed E-state index contributed by atoms with van der Waals surface area (Å²) in [6.07, 6.45) is 4.17. The van der Waals surface area contributed by atoms with Gasteiger partial charge in [-0.05, 0) is 18.9 Å². The Morgan fingerprint density at radius 1 is 1.42 bits per heavy atom. The van der Waals surface area contributed by atoms with Gasteiger partial charge in [-0.15, -0.1) is 0 Å². The number of rotatable bonds is 4. The highest BCUT2D eigenvalue weighted by atomic mass is 16.5. The number of carbonyl (C=O) groups is 2. The number of hydrogen-bond donors (Lipinski definition) is 1. The third-order valence-electron chi connectivity index (χ3n) is 4.60. The largest absolute Gasteiger partial charge is 0.360 e. The van der Waals surface area contributed by atoms with Crippen molar-refractivity contribution in [3.63, 3.8) is 0 Å². The quantitative estimate of drug-likeness (QED) is 0.906. The van der Waals surface area contributed by atoms with Crippen LogP contribution in [-0.2, 0) is 11.3 Å². The number of aromatic nitrogens is 3. The Hall–Kier alpha value is -2.64. The first kappa shape index (κ1) is 14.9. The Kier molecular flexibility index (Phi) is 3.59. The summed E-state index contributed by atoms with van der Waals surface area (Å²) in [5.74, 6) is 0.971. The Morgan fingerprint density at radius 2 is 2.25 bits per heavy atom. The normalized spacial score (nSPS) is 19.9. The third-order valence-corrected chi connectivity index (χ3v) is 4.60. The number of carbonyl (C=O) groups excluding carboxylic acids is 2. The van der Waals surface area contributed by atoms with Crippen molar-refractivity contribution in [2.24, 2.45) is 0 Å². The molecule has 0 bridgehead atoms. The van der Waals surface area contributed by atoms with Gasteiger partial charge in [-0.3, -0.25) is 14.3 Å². The molecule has 8 heteroatoms. The summed E-state index contributed by atoms with van der Waals surface area (Å²) in [5, 5.41) is 10.8. The molecular weight excluding hydrogens is 310 g/mol. The average molecular weight is 329 g/mol. The predicted molar refractivity (Wildman–Crippen MR) is 83.2 cm³/mol. The van der Waals surface area contributed by atoms with E-state index in [9.17, 15) is 9.59 Å². The molecule has 0 radical (unpaired) electrons. The van der Waals surface area contributed by atoms with Gasteiger partial charge in [0.25, 0.3) is 5.91 Å². The van der Waals surface area contributed by atoms with Gasteiger partial charge in [0.15, 0.2) is 5.69 Å². The first-order valence-corrected chi connectivity index (χ1v) is 8.14. The van der Waals surface area contributed by atoms with Crippen molar-refractivity contribution in [2.45, 2.75) is 37.8 Å². The maximum Gasteiger partial charge on any atom is 0.276 e. The second kappa shape index (κ2) is 5.77. The van der Waals surface area contributed by atoms with Crippen molar-refractivity contribution >= 4 is 11.8 Å². The molecule has 1 N–H and O–H groups in total. The van der Waals surface area contributed by atoms with Crippen LogP contribution in [0.15, 0.2) is 22.9 Å². The summed E-state index contributed by atoms with van der Waals surface area (Å²) in [5.41, 5.74) is 1.25. The summed E-state index contributed by atoms with van der Waals surface area (Å²) in [4.78, 5) is 26.2. The van der Waals surface area contributed by atoms with Gasteiger partial charge < -0.3 is 14.7 Å². The molecule has 24 heavy (non-hydrogen) atoms. The highest BCUT2D eigenvalue weighted by Gasteiger charge is 2.33. The fraction of sp³-hybridized carbons (Fsp3) is 0.500. The highest BCUT2D eigenvalue weighted by Crippen LogP contribution is 2.40. The standard InChI is InChI=1S/C16H19N5O3/c1-17-15(22)6-12-9-20(8-11-4-5-18-21(11)12)16(23)13-7-14(24-19-13)10-2-3-10/h4-5,7,10,12H,2-3,6,8-9H2,1H3,(H,17,22). The van der Waals surface area contributed by atoms with Crippen LogP contribution in [0.4, 0.5) is 0 Å². The molecule has 1 saturated carbocycles. The van der Waals surface area contributed by atoms with Crippen molar-refractivity contribution in [2.75, 3.05) is 13.6 Å². The molecule has 1 aliphatic heterocycles. The Balaban J connectivity index is 1.54. The molecule has 0 aromatic carbocycles. The van der Waals surface area contributed by atoms with Gasteiger partial charge in [0.2, 0.25) is 5.91 Å². The lowest BCUT2D eigenvalue weighted by molar-refractivity contribution is -0.121. The highest BCUT2D eigenvalue weighted by molar-refractivity contribution is 5.92.